The first-order valence-electron chi connectivity index (χ1n) is 6.53. The Balaban J connectivity index is 1.88. The molecular weight excluding hydrogens is 266 g/mol. The van der Waals surface area contributed by atoms with Crippen LogP contribution in [0.1, 0.15) is 17.6 Å². The van der Waals surface area contributed by atoms with Crippen LogP contribution in [0.3, 0.4) is 0 Å². The number of para-hydroxylation sites is 1. The summed E-state index contributed by atoms with van der Waals surface area (Å²) in [5.74, 6) is 0.501. The molecule has 0 aliphatic heterocycles. The van der Waals surface area contributed by atoms with Crippen molar-refractivity contribution < 1.29 is 9.52 Å². The maximum Gasteiger partial charge on any atom is 0.143 e. The number of nitriles is 1. The van der Waals surface area contributed by atoms with Gasteiger partial charge in [0, 0.05) is 17.6 Å². The summed E-state index contributed by atoms with van der Waals surface area (Å²) >= 11 is 0. The maximum atomic E-state index is 10.0. The summed E-state index contributed by atoms with van der Waals surface area (Å²) in [4.78, 5) is 4.25. The first-order chi connectivity index (χ1) is 10.3. The Morgan fingerprint density at radius 3 is 2.90 bits per heavy atom. The van der Waals surface area contributed by atoms with Gasteiger partial charge in [0.2, 0.25) is 0 Å². The van der Waals surface area contributed by atoms with E-state index in [2.05, 4.69) is 10.3 Å². The molecule has 0 aliphatic carbocycles. The molecule has 2 aromatic heterocycles. The topological polar surface area (TPSA) is 82.1 Å². The van der Waals surface area contributed by atoms with Crippen LogP contribution >= 0.6 is 0 Å². The molecule has 3 rings (SSSR count). The fraction of sp³-hybridized carbons (Fsp3) is 0.125. The van der Waals surface area contributed by atoms with Crippen molar-refractivity contribution in [2.45, 2.75) is 6.10 Å². The molecule has 0 spiro atoms. The summed E-state index contributed by atoms with van der Waals surface area (Å²) in [7, 11) is 0. The highest BCUT2D eigenvalue weighted by Gasteiger charge is 2.11. The third kappa shape index (κ3) is 2.71. The number of furan rings is 1. The van der Waals surface area contributed by atoms with Crippen LogP contribution in [0.5, 0.6) is 0 Å². The molecule has 21 heavy (non-hydrogen) atoms. The number of nitrogens with zero attached hydrogens (tertiary/aromatic N) is 2. The van der Waals surface area contributed by atoms with Crippen LogP contribution in [0.2, 0.25) is 0 Å². The summed E-state index contributed by atoms with van der Waals surface area (Å²) < 4.78 is 5.16. The summed E-state index contributed by atoms with van der Waals surface area (Å²) in [6.07, 6.45) is 0.770. The van der Waals surface area contributed by atoms with E-state index in [9.17, 15) is 5.11 Å². The highest BCUT2D eigenvalue weighted by Crippen LogP contribution is 2.24. The lowest BCUT2D eigenvalue weighted by molar-refractivity contribution is 0.162. The molecule has 0 saturated heterocycles. The number of anilines is 1. The first-order valence-corrected chi connectivity index (χ1v) is 6.53. The van der Waals surface area contributed by atoms with Gasteiger partial charge in [-0.2, -0.15) is 5.26 Å². The third-order valence-electron chi connectivity index (χ3n) is 3.19. The molecule has 0 saturated carbocycles. The van der Waals surface area contributed by atoms with Gasteiger partial charge in [-0.25, -0.2) is 4.98 Å². The third-order valence-corrected chi connectivity index (χ3v) is 3.19. The number of hydrogen-bond donors (Lipinski definition) is 2. The van der Waals surface area contributed by atoms with Crippen molar-refractivity contribution in [1.29, 1.82) is 5.26 Å². The van der Waals surface area contributed by atoms with Crippen LogP contribution in [0.25, 0.3) is 10.9 Å². The smallest absolute Gasteiger partial charge is 0.143 e. The first kappa shape index (κ1) is 13.2. The van der Waals surface area contributed by atoms with Crippen molar-refractivity contribution in [3.63, 3.8) is 0 Å². The van der Waals surface area contributed by atoms with Gasteiger partial charge >= 0.3 is 0 Å². The van der Waals surface area contributed by atoms with Crippen LogP contribution in [-0.2, 0) is 0 Å². The fourth-order valence-electron chi connectivity index (χ4n) is 2.17. The Hall–Kier alpha value is -2.84. The summed E-state index contributed by atoms with van der Waals surface area (Å²) in [5.41, 5.74) is 1.85. The highest BCUT2D eigenvalue weighted by molar-refractivity contribution is 5.91. The van der Waals surface area contributed by atoms with Crippen molar-refractivity contribution >= 4 is 16.6 Å². The lowest BCUT2D eigenvalue weighted by atomic mass is 10.1. The van der Waals surface area contributed by atoms with E-state index in [0.717, 1.165) is 16.6 Å². The van der Waals surface area contributed by atoms with E-state index in [1.165, 1.54) is 6.26 Å². The van der Waals surface area contributed by atoms with Gasteiger partial charge in [0.1, 0.15) is 23.6 Å². The number of rotatable bonds is 4. The minimum Gasteiger partial charge on any atom is -0.467 e. The lowest BCUT2D eigenvalue weighted by Crippen LogP contribution is -2.12. The van der Waals surface area contributed by atoms with Crippen molar-refractivity contribution in [3.8, 4) is 6.07 Å². The summed E-state index contributed by atoms with van der Waals surface area (Å²) in [6, 6.07) is 14.7. The van der Waals surface area contributed by atoms with Gasteiger partial charge in [0.15, 0.2) is 0 Å². The zero-order valence-electron chi connectivity index (χ0n) is 11.2. The molecule has 0 fully saturated rings. The number of fused-ring (bicyclic) bond motifs is 1. The van der Waals surface area contributed by atoms with Crippen LogP contribution in [0, 0.1) is 11.3 Å². The van der Waals surface area contributed by atoms with Crippen molar-refractivity contribution in [1.82, 2.24) is 4.98 Å². The molecule has 3 aromatic rings. The maximum absolute atomic E-state index is 10.0. The summed E-state index contributed by atoms with van der Waals surface area (Å²) in [5, 5.41) is 23.1. The average molecular weight is 279 g/mol. The molecule has 0 bridgehead atoms. The van der Waals surface area contributed by atoms with E-state index in [1.54, 1.807) is 18.2 Å². The largest absolute Gasteiger partial charge is 0.467 e. The second kappa shape index (κ2) is 5.65. The predicted octanol–water partition coefficient (Wildman–Crippen LogP) is 2.84. The Bertz CT molecular complexity index is 791. The van der Waals surface area contributed by atoms with Crippen molar-refractivity contribution in [3.05, 3.63) is 60.2 Å². The van der Waals surface area contributed by atoms with E-state index < -0.39 is 6.10 Å². The van der Waals surface area contributed by atoms with E-state index in [1.807, 2.05) is 30.3 Å². The normalized spacial score (nSPS) is 12.0. The number of benzene rings is 1. The standard InChI is InChI=1S/C16H13N3O2/c17-9-11-8-14(12-4-1-2-5-13(12)19-11)18-10-15(20)16-6-3-7-21-16/h1-8,15,20H,10H2,(H,18,19). The average Bonchev–Trinajstić information content (AvgIpc) is 3.06. The van der Waals surface area contributed by atoms with Gasteiger partial charge in [-0.15, -0.1) is 0 Å². The quantitative estimate of drug-likeness (QED) is 0.767. The predicted molar refractivity (Wildman–Crippen MR) is 78.6 cm³/mol. The molecule has 1 atom stereocenters. The van der Waals surface area contributed by atoms with Gasteiger partial charge in [-0.1, -0.05) is 18.2 Å². The second-order valence-corrected chi connectivity index (χ2v) is 4.60. The van der Waals surface area contributed by atoms with Crippen molar-refractivity contribution in [2.24, 2.45) is 0 Å². The monoisotopic (exact) mass is 279 g/mol. The van der Waals surface area contributed by atoms with Crippen LogP contribution in [0.4, 0.5) is 5.69 Å². The van der Waals surface area contributed by atoms with Crippen LogP contribution in [0.15, 0.2) is 53.1 Å². The van der Waals surface area contributed by atoms with Crippen molar-refractivity contribution in [2.75, 3.05) is 11.9 Å². The summed E-state index contributed by atoms with van der Waals surface area (Å²) in [6.45, 7) is 0.284. The number of pyridine rings is 1. The number of aliphatic hydroxyl groups is 1. The van der Waals surface area contributed by atoms with E-state index >= 15 is 0 Å². The SMILES string of the molecule is N#Cc1cc(NCC(O)c2ccco2)c2ccccc2n1. The highest BCUT2D eigenvalue weighted by atomic mass is 16.4. The van der Waals surface area contributed by atoms with Crippen LogP contribution < -0.4 is 5.32 Å². The van der Waals surface area contributed by atoms with Gasteiger partial charge in [0.05, 0.1) is 11.8 Å². The molecule has 2 N–H and O–H groups in total. The van der Waals surface area contributed by atoms with E-state index in [0.29, 0.717) is 11.5 Å². The number of aromatic nitrogens is 1. The Morgan fingerprint density at radius 2 is 2.14 bits per heavy atom. The van der Waals surface area contributed by atoms with E-state index in [-0.39, 0.29) is 6.54 Å². The Morgan fingerprint density at radius 1 is 1.29 bits per heavy atom. The zero-order chi connectivity index (χ0) is 14.7. The van der Waals surface area contributed by atoms with Gasteiger partial charge in [0.25, 0.3) is 0 Å². The molecule has 2 heterocycles. The molecule has 0 amide bonds. The van der Waals surface area contributed by atoms with Gasteiger partial charge < -0.3 is 14.8 Å². The molecule has 0 aliphatic rings. The molecule has 1 unspecified atom stereocenters. The molecule has 5 nitrogen and oxygen atoms in total. The minimum absolute atomic E-state index is 0.284. The fourth-order valence-corrected chi connectivity index (χ4v) is 2.17. The number of aliphatic hydroxyl groups excluding tert-OH is 1. The molecular formula is C16H13N3O2. The van der Waals surface area contributed by atoms with Crippen LogP contribution in [-0.4, -0.2) is 16.6 Å². The minimum atomic E-state index is -0.752. The van der Waals surface area contributed by atoms with Gasteiger partial charge in [-0.05, 0) is 24.3 Å². The Labute approximate surface area is 121 Å². The second-order valence-electron chi connectivity index (χ2n) is 4.60. The Kier molecular flexibility index (Phi) is 3.54. The molecule has 0 radical (unpaired) electrons. The zero-order valence-corrected chi connectivity index (χ0v) is 11.2. The van der Waals surface area contributed by atoms with E-state index in [4.69, 9.17) is 9.68 Å². The molecule has 1 aromatic carbocycles. The van der Waals surface area contributed by atoms with Gasteiger partial charge in [-0.3, -0.25) is 0 Å². The number of hydrogen-bond acceptors (Lipinski definition) is 5. The number of nitrogens with one attached hydrogen (secondary N) is 1. The lowest BCUT2D eigenvalue weighted by Gasteiger charge is -2.13. The molecule has 104 valence electrons. The molecule has 5 heteroatoms.